The normalized spacial score (nSPS) is 17.3. The number of nitrogen functional groups attached to an aromatic ring is 1. The van der Waals surface area contributed by atoms with E-state index >= 15 is 0 Å². The molecule has 0 unspecified atom stereocenters. The zero-order chi connectivity index (χ0) is 13.2. The number of carbonyl (C=O) groups excluding carboxylic acids is 1. The van der Waals surface area contributed by atoms with Crippen LogP contribution in [0.3, 0.4) is 0 Å². The van der Waals surface area contributed by atoms with E-state index in [9.17, 15) is 13.2 Å². The van der Waals surface area contributed by atoms with Crippen molar-refractivity contribution in [3.8, 4) is 0 Å². The summed E-state index contributed by atoms with van der Waals surface area (Å²) in [5.74, 6) is 4.94. The van der Waals surface area contributed by atoms with Crippen LogP contribution in [-0.2, 0) is 14.8 Å². The van der Waals surface area contributed by atoms with Gasteiger partial charge in [0, 0.05) is 25.5 Å². The summed E-state index contributed by atoms with van der Waals surface area (Å²) in [7, 11) is -3.77. The highest BCUT2D eigenvalue weighted by atomic mass is 32.2. The topological polar surface area (TPSA) is 117 Å². The van der Waals surface area contributed by atoms with Gasteiger partial charge in [-0.2, -0.15) is 4.31 Å². The van der Waals surface area contributed by atoms with Gasteiger partial charge >= 0.3 is 0 Å². The van der Waals surface area contributed by atoms with Gasteiger partial charge in [0.2, 0.25) is 15.9 Å². The van der Waals surface area contributed by atoms with Gasteiger partial charge in [-0.05, 0) is 6.07 Å². The number of hydrogen-bond acceptors (Lipinski definition) is 6. The molecule has 0 atom stereocenters. The number of aromatic nitrogens is 1. The van der Waals surface area contributed by atoms with Crippen LogP contribution in [-0.4, -0.2) is 43.2 Å². The molecule has 2 heterocycles. The summed E-state index contributed by atoms with van der Waals surface area (Å²) in [6.45, 7) is 0.331. The Bertz CT molecular complexity index is 559. The highest BCUT2D eigenvalue weighted by Crippen LogP contribution is 2.22. The SMILES string of the molecule is NNc1ccncc1S(=O)(=O)N1CCNC(=O)C1. The van der Waals surface area contributed by atoms with E-state index in [1.54, 1.807) is 0 Å². The number of carbonyl (C=O) groups is 1. The third-order valence-corrected chi connectivity index (χ3v) is 4.43. The maximum absolute atomic E-state index is 12.3. The second kappa shape index (κ2) is 4.88. The Hall–Kier alpha value is -1.71. The number of rotatable bonds is 3. The van der Waals surface area contributed by atoms with E-state index in [0.717, 1.165) is 4.31 Å². The number of pyridine rings is 1. The van der Waals surface area contributed by atoms with Crippen LogP contribution in [0.5, 0.6) is 0 Å². The van der Waals surface area contributed by atoms with Gasteiger partial charge in [-0.3, -0.25) is 15.6 Å². The van der Waals surface area contributed by atoms with Crippen LogP contribution in [0.2, 0.25) is 0 Å². The molecular formula is C9H13N5O3S. The second-order valence-corrected chi connectivity index (χ2v) is 5.61. The molecule has 0 saturated carbocycles. The zero-order valence-electron chi connectivity index (χ0n) is 9.46. The molecule has 0 radical (unpaired) electrons. The molecule has 1 aromatic rings. The molecule has 98 valence electrons. The van der Waals surface area contributed by atoms with Crippen molar-refractivity contribution in [3.05, 3.63) is 18.5 Å². The molecule has 0 spiro atoms. The number of nitrogens with one attached hydrogen (secondary N) is 2. The third kappa shape index (κ3) is 2.28. The lowest BCUT2D eigenvalue weighted by atomic mass is 10.4. The number of sulfonamides is 1. The van der Waals surface area contributed by atoms with Gasteiger partial charge in [0.05, 0.1) is 12.2 Å². The molecule has 1 saturated heterocycles. The molecule has 18 heavy (non-hydrogen) atoms. The molecule has 1 amide bonds. The van der Waals surface area contributed by atoms with Crippen LogP contribution in [0.4, 0.5) is 5.69 Å². The summed E-state index contributed by atoms with van der Waals surface area (Å²) in [5.41, 5.74) is 2.55. The Kier molecular flexibility index (Phi) is 3.45. The van der Waals surface area contributed by atoms with Crippen molar-refractivity contribution in [2.75, 3.05) is 25.1 Å². The number of nitrogens with zero attached hydrogens (tertiary/aromatic N) is 2. The molecule has 2 rings (SSSR count). The van der Waals surface area contributed by atoms with Gasteiger partial charge < -0.3 is 10.7 Å². The Balaban J connectivity index is 2.38. The van der Waals surface area contributed by atoms with Crippen LogP contribution >= 0.6 is 0 Å². The van der Waals surface area contributed by atoms with E-state index in [0.29, 0.717) is 6.54 Å². The number of hydrazine groups is 1. The maximum atomic E-state index is 12.3. The first-order valence-electron chi connectivity index (χ1n) is 5.23. The summed E-state index contributed by atoms with van der Waals surface area (Å²) >= 11 is 0. The Morgan fingerprint density at radius 1 is 1.50 bits per heavy atom. The lowest BCUT2D eigenvalue weighted by molar-refractivity contribution is -0.122. The summed E-state index contributed by atoms with van der Waals surface area (Å²) in [6, 6.07) is 1.46. The first-order valence-corrected chi connectivity index (χ1v) is 6.67. The fourth-order valence-electron chi connectivity index (χ4n) is 1.66. The van der Waals surface area contributed by atoms with Crippen molar-refractivity contribution >= 4 is 21.6 Å². The van der Waals surface area contributed by atoms with Crippen molar-refractivity contribution in [3.63, 3.8) is 0 Å². The van der Waals surface area contributed by atoms with E-state index in [1.807, 2.05) is 0 Å². The average molecular weight is 271 g/mol. The van der Waals surface area contributed by atoms with Gasteiger partial charge in [0.1, 0.15) is 4.90 Å². The summed E-state index contributed by atoms with van der Waals surface area (Å²) in [4.78, 5) is 15.0. The standard InChI is InChI=1S/C9H13N5O3S/c10-13-7-1-2-11-5-8(7)18(16,17)14-4-3-12-9(15)6-14/h1-2,5H,3-4,6,10H2,(H,11,13)(H,12,15). The average Bonchev–Trinajstić information content (AvgIpc) is 2.38. The second-order valence-electron chi connectivity index (χ2n) is 3.70. The van der Waals surface area contributed by atoms with E-state index in [1.165, 1.54) is 18.5 Å². The molecule has 1 aliphatic heterocycles. The van der Waals surface area contributed by atoms with Crippen LogP contribution in [0.25, 0.3) is 0 Å². The number of amides is 1. The fraction of sp³-hybridized carbons (Fsp3) is 0.333. The molecule has 1 aliphatic rings. The Morgan fingerprint density at radius 2 is 2.28 bits per heavy atom. The monoisotopic (exact) mass is 271 g/mol. The number of piperazine rings is 1. The smallest absolute Gasteiger partial charge is 0.247 e. The highest BCUT2D eigenvalue weighted by Gasteiger charge is 2.30. The van der Waals surface area contributed by atoms with Crippen LogP contribution < -0.4 is 16.6 Å². The summed E-state index contributed by atoms with van der Waals surface area (Å²) in [6.07, 6.45) is 2.63. The van der Waals surface area contributed by atoms with Crippen molar-refractivity contribution in [1.82, 2.24) is 14.6 Å². The first kappa shape index (κ1) is 12.7. The van der Waals surface area contributed by atoms with Crippen molar-refractivity contribution in [2.45, 2.75) is 4.90 Å². The molecule has 0 aromatic carbocycles. The first-order chi connectivity index (χ1) is 8.55. The minimum atomic E-state index is -3.77. The molecule has 9 heteroatoms. The summed E-state index contributed by atoms with van der Waals surface area (Å²) in [5, 5.41) is 2.56. The molecule has 0 bridgehead atoms. The van der Waals surface area contributed by atoms with Crippen molar-refractivity contribution in [2.24, 2.45) is 5.84 Å². The molecule has 1 aromatic heterocycles. The number of hydrogen-bond donors (Lipinski definition) is 3. The predicted molar refractivity (Wildman–Crippen MR) is 63.8 cm³/mol. The molecule has 0 aliphatic carbocycles. The van der Waals surface area contributed by atoms with Crippen LogP contribution in [0, 0.1) is 0 Å². The van der Waals surface area contributed by atoms with Crippen LogP contribution in [0.1, 0.15) is 0 Å². The predicted octanol–water partition coefficient (Wildman–Crippen LogP) is -1.51. The van der Waals surface area contributed by atoms with E-state index < -0.39 is 10.0 Å². The highest BCUT2D eigenvalue weighted by molar-refractivity contribution is 7.89. The van der Waals surface area contributed by atoms with Gasteiger partial charge in [-0.15, -0.1) is 0 Å². The quantitative estimate of drug-likeness (QED) is 0.454. The molecule has 1 fully saturated rings. The number of anilines is 1. The Labute approximate surface area is 104 Å². The van der Waals surface area contributed by atoms with E-state index in [2.05, 4.69) is 15.7 Å². The van der Waals surface area contributed by atoms with E-state index in [-0.39, 0.29) is 29.6 Å². The Morgan fingerprint density at radius 3 is 2.94 bits per heavy atom. The lowest BCUT2D eigenvalue weighted by Crippen LogP contribution is -2.49. The fourth-order valence-corrected chi connectivity index (χ4v) is 3.16. The van der Waals surface area contributed by atoms with Gasteiger partial charge in [0.15, 0.2) is 0 Å². The van der Waals surface area contributed by atoms with E-state index in [4.69, 9.17) is 5.84 Å². The molecular weight excluding hydrogens is 258 g/mol. The number of nitrogens with two attached hydrogens (primary N) is 1. The maximum Gasteiger partial charge on any atom is 0.247 e. The van der Waals surface area contributed by atoms with Gasteiger partial charge in [-0.25, -0.2) is 8.42 Å². The summed E-state index contributed by atoms with van der Waals surface area (Å²) < 4.78 is 25.7. The van der Waals surface area contributed by atoms with Crippen molar-refractivity contribution < 1.29 is 13.2 Å². The minimum absolute atomic E-state index is 0.0396. The van der Waals surface area contributed by atoms with Crippen LogP contribution in [0.15, 0.2) is 23.4 Å². The molecule has 8 nitrogen and oxygen atoms in total. The van der Waals surface area contributed by atoms with Crippen molar-refractivity contribution in [1.29, 1.82) is 0 Å². The minimum Gasteiger partial charge on any atom is -0.354 e. The third-order valence-electron chi connectivity index (χ3n) is 2.56. The zero-order valence-corrected chi connectivity index (χ0v) is 10.3. The largest absolute Gasteiger partial charge is 0.354 e. The molecule has 4 N–H and O–H groups in total. The van der Waals surface area contributed by atoms with Gasteiger partial charge in [0.25, 0.3) is 0 Å². The lowest BCUT2D eigenvalue weighted by Gasteiger charge is -2.26. The van der Waals surface area contributed by atoms with Gasteiger partial charge in [-0.1, -0.05) is 0 Å².